The predicted molar refractivity (Wildman–Crippen MR) is 104 cm³/mol. The summed E-state index contributed by atoms with van der Waals surface area (Å²) in [4.78, 5) is 7.91. The van der Waals surface area contributed by atoms with E-state index in [1.807, 2.05) is 0 Å². The summed E-state index contributed by atoms with van der Waals surface area (Å²) in [6, 6.07) is 9.77. The minimum atomic E-state index is 0.536. The molecule has 0 aliphatic carbocycles. The highest BCUT2D eigenvalue weighted by Gasteiger charge is 2.28. The average molecular weight is 346 g/mol. The number of benzene rings is 1. The second kappa shape index (κ2) is 9.02. The van der Waals surface area contributed by atoms with Crippen LogP contribution in [-0.2, 0) is 0 Å². The Hall–Kier alpha value is -1.10. The molecule has 1 atom stereocenters. The van der Waals surface area contributed by atoms with Gasteiger partial charge in [0.05, 0.1) is 7.11 Å². The van der Waals surface area contributed by atoms with Crippen LogP contribution >= 0.6 is 0 Å². The molecule has 1 aromatic carbocycles. The molecule has 4 heteroatoms. The Morgan fingerprint density at radius 1 is 1.04 bits per heavy atom. The lowest BCUT2D eigenvalue weighted by molar-refractivity contribution is 0.104. The molecule has 140 valence electrons. The molecule has 3 rings (SSSR count). The van der Waals surface area contributed by atoms with Gasteiger partial charge in [0.1, 0.15) is 5.75 Å². The molecule has 0 saturated carbocycles. The number of likely N-dealkylation sites (tertiary alicyclic amines) is 1. The molecule has 2 saturated heterocycles. The molecule has 2 fully saturated rings. The van der Waals surface area contributed by atoms with Crippen molar-refractivity contribution in [3.05, 3.63) is 29.8 Å². The lowest BCUT2D eigenvalue weighted by Crippen LogP contribution is -2.49. The topological polar surface area (TPSA) is 19.0 Å². The molecule has 4 nitrogen and oxygen atoms in total. The van der Waals surface area contributed by atoms with Crippen molar-refractivity contribution in [1.29, 1.82) is 0 Å². The second-order valence-electron chi connectivity index (χ2n) is 7.76. The van der Waals surface area contributed by atoms with E-state index in [0.717, 1.165) is 5.75 Å². The van der Waals surface area contributed by atoms with Crippen molar-refractivity contribution < 1.29 is 4.74 Å². The van der Waals surface area contributed by atoms with Gasteiger partial charge in [-0.05, 0) is 58.8 Å². The van der Waals surface area contributed by atoms with Gasteiger partial charge in [0.2, 0.25) is 0 Å². The van der Waals surface area contributed by atoms with Gasteiger partial charge in [-0.25, -0.2) is 0 Å². The molecule has 0 amide bonds. The Morgan fingerprint density at radius 2 is 1.80 bits per heavy atom. The van der Waals surface area contributed by atoms with Gasteiger partial charge >= 0.3 is 0 Å². The van der Waals surface area contributed by atoms with Crippen molar-refractivity contribution in [2.24, 2.45) is 0 Å². The summed E-state index contributed by atoms with van der Waals surface area (Å²) in [5, 5.41) is 0. The summed E-state index contributed by atoms with van der Waals surface area (Å²) in [6.45, 7) is 13.2. The fourth-order valence-electron chi connectivity index (χ4n) is 4.39. The van der Waals surface area contributed by atoms with Crippen LogP contribution in [0.25, 0.3) is 0 Å². The zero-order valence-electron chi connectivity index (χ0n) is 16.3. The van der Waals surface area contributed by atoms with Crippen molar-refractivity contribution in [2.75, 3.05) is 52.9 Å². The fourth-order valence-corrected chi connectivity index (χ4v) is 4.39. The van der Waals surface area contributed by atoms with E-state index in [0.29, 0.717) is 12.1 Å². The molecule has 2 aliphatic rings. The van der Waals surface area contributed by atoms with Crippen LogP contribution in [0, 0.1) is 0 Å². The van der Waals surface area contributed by atoms with Crippen molar-refractivity contribution in [1.82, 2.24) is 14.7 Å². The first-order valence-corrected chi connectivity index (χ1v) is 10.0. The number of methoxy groups -OCH3 is 1. The molecule has 2 aliphatic heterocycles. The third-order valence-corrected chi connectivity index (χ3v) is 5.92. The van der Waals surface area contributed by atoms with E-state index in [2.05, 4.69) is 52.8 Å². The van der Waals surface area contributed by atoms with Gasteiger partial charge in [-0.15, -0.1) is 0 Å². The summed E-state index contributed by atoms with van der Waals surface area (Å²) in [5.41, 5.74) is 1.37. The Balaban J connectivity index is 1.47. The van der Waals surface area contributed by atoms with Gasteiger partial charge in [0, 0.05) is 43.8 Å². The lowest BCUT2D eigenvalue weighted by atomic mass is 10.0. The predicted octanol–water partition coefficient (Wildman–Crippen LogP) is 3.25. The quantitative estimate of drug-likeness (QED) is 0.755. The summed E-state index contributed by atoms with van der Waals surface area (Å²) in [6.07, 6.45) is 3.83. The molecule has 0 unspecified atom stereocenters. The van der Waals surface area contributed by atoms with Crippen molar-refractivity contribution in [3.63, 3.8) is 0 Å². The molecule has 0 N–H and O–H groups in total. The number of nitrogens with zero attached hydrogens (tertiary/aromatic N) is 3. The molecule has 0 spiro atoms. The minimum Gasteiger partial charge on any atom is -0.496 e. The Kier molecular flexibility index (Phi) is 6.74. The molecule has 1 aromatic rings. The average Bonchev–Trinajstić information content (AvgIpc) is 3.10. The summed E-state index contributed by atoms with van der Waals surface area (Å²) in [5.74, 6) is 1.05. The van der Waals surface area contributed by atoms with Crippen LogP contribution in [0.15, 0.2) is 24.3 Å². The van der Waals surface area contributed by atoms with Crippen molar-refractivity contribution in [3.8, 4) is 5.75 Å². The summed E-state index contributed by atoms with van der Waals surface area (Å²) < 4.78 is 5.60. The van der Waals surface area contributed by atoms with Crippen LogP contribution in [0.5, 0.6) is 5.75 Å². The van der Waals surface area contributed by atoms with Gasteiger partial charge < -0.3 is 9.64 Å². The second-order valence-corrected chi connectivity index (χ2v) is 7.76. The van der Waals surface area contributed by atoms with E-state index in [9.17, 15) is 0 Å². The first-order chi connectivity index (χ1) is 12.2. The number of piperazine rings is 1. The van der Waals surface area contributed by atoms with E-state index < -0.39 is 0 Å². The highest BCUT2D eigenvalue weighted by molar-refractivity contribution is 5.36. The van der Waals surface area contributed by atoms with Gasteiger partial charge in [0.25, 0.3) is 0 Å². The molecular formula is C21H35N3O. The summed E-state index contributed by atoms with van der Waals surface area (Å²) >= 11 is 0. The van der Waals surface area contributed by atoms with Crippen LogP contribution < -0.4 is 4.74 Å². The zero-order valence-corrected chi connectivity index (χ0v) is 16.3. The van der Waals surface area contributed by atoms with E-state index in [-0.39, 0.29) is 0 Å². The molecule has 0 bridgehead atoms. The van der Waals surface area contributed by atoms with E-state index in [4.69, 9.17) is 4.74 Å². The van der Waals surface area contributed by atoms with E-state index in [1.165, 1.54) is 70.6 Å². The molecular weight excluding hydrogens is 310 g/mol. The molecule has 2 heterocycles. The monoisotopic (exact) mass is 345 g/mol. The van der Waals surface area contributed by atoms with Crippen molar-refractivity contribution in [2.45, 2.75) is 45.2 Å². The first-order valence-electron chi connectivity index (χ1n) is 10.0. The third-order valence-electron chi connectivity index (χ3n) is 5.92. The number of rotatable bonds is 7. The standard InChI is InChI=1S/C21H35N3O/c1-18(2)23-16-14-22(15-17-23)11-7-13-24-12-6-9-20(24)19-8-4-5-10-21(19)25-3/h4-5,8,10,18,20H,6-7,9,11-17H2,1-3H3/t20-/m1/s1. The Labute approximate surface area is 153 Å². The Morgan fingerprint density at radius 3 is 2.52 bits per heavy atom. The normalized spacial score (nSPS) is 23.4. The third kappa shape index (κ3) is 4.75. The van der Waals surface area contributed by atoms with Gasteiger partial charge in [-0.3, -0.25) is 9.80 Å². The minimum absolute atomic E-state index is 0.536. The first kappa shape index (κ1) is 18.7. The van der Waals surface area contributed by atoms with Crippen LogP contribution in [0.2, 0.25) is 0 Å². The highest BCUT2D eigenvalue weighted by Crippen LogP contribution is 2.36. The van der Waals surface area contributed by atoms with Gasteiger partial charge in [0.15, 0.2) is 0 Å². The maximum absolute atomic E-state index is 5.60. The summed E-state index contributed by atoms with van der Waals surface area (Å²) in [7, 11) is 1.79. The van der Waals surface area contributed by atoms with Gasteiger partial charge in [-0.2, -0.15) is 0 Å². The van der Waals surface area contributed by atoms with Crippen LogP contribution in [-0.4, -0.2) is 73.7 Å². The lowest BCUT2D eigenvalue weighted by Gasteiger charge is -2.37. The molecule has 25 heavy (non-hydrogen) atoms. The maximum Gasteiger partial charge on any atom is 0.123 e. The van der Waals surface area contributed by atoms with Crippen molar-refractivity contribution >= 4 is 0 Å². The van der Waals surface area contributed by atoms with Crippen LogP contribution in [0.3, 0.4) is 0 Å². The van der Waals surface area contributed by atoms with Gasteiger partial charge in [-0.1, -0.05) is 18.2 Å². The smallest absolute Gasteiger partial charge is 0.123 e. The fraction of sp³-hybridized carbons (Fsp3) is 0.714. The largest absolute Gasteiger partial charge is 0.496 e. The van der Waals surface area contributed by atoms with Crippen LogP contribution in [0.1, 0.15) is 44.7 Å². The highest BCUT2D eigenvalue weighted by atomic mass is 16.5. The number of para-hydroxylation sites is 1. The number of hydrogen-bond acceptors (Lipinski definition) is 4. The Bertz CT molecular complexity index is 526. The van der Waals surface area contributed by atoms with Crippen LogP contribution in [0.4, 0.5) is 0 Å². The number of hydrogen-bond donors (Lipinski definition) is 0. The number of ether oxygens (including phenoxy) is 1. The zero-order chi connectivity index (χ0) is 17.6. The van der Waals surface area contributed by atoms with E-state index in [1.54, 1.807) is 7.11 Å². The SMILES string of the molecule is COc1ccccc1[C@H]1CCCN1CCCN1CCN(C(C)C)CC1. The maximum atomic E-state index is 5.60. The molecule has 0 aromatic heterocycles. The molecule has 0 radical (unpaired) electrons. The van der Waals surface area contributed by atoms with E-state index >= 15 is 0 Å².